The Kier molecular flexibility index (Phi) is 5.73. The molecule has 0 saturated carbocycles. The van der Waals surface area contributed by atoms with Gasteiger partial charge in [0, 0.05) is 25.8 Å². The van der Waals surface area contributed by atoms with Crippen molar-refractivity contribution in [1.82, 2.24) is 9.88 Å². The van der Waals surface area contributed by atoms with Crippen molar-refractivity contribution in [3.63, 3.8) is 0 Å². The van der Waals surface area contributed by atoms with Gasteiger partial charge in [-0.3, -0.25) is 4.79 Å². The fourth-order valence-electron chi connectivity index (χ4n) is 1.64. The SMILES string of the molecule is CCCNc1nccc(C(=O)N(C)C(C)CC)c1F. The average molecular weight is 267 g/mol. The van der Waals surface area contributed by atoms with Crippen molar-refractivity contribution in [2.45, 2.75) is 39.7 Å². The second kappa shape index (κ2) is 7.07. The molecule has 4 nitrogen and oxygen atoms in total. The molecule has 0 aliphatic heterocycles. The zero-order valence-electron chi connectivity index (χ0n) is 12.0. The monoisotopic (exact) mass is 267 g/mol. The lowest BCUT2D eigenvalue weighted by atomic mass is 10.1. The van der Waals surface area contributed by atoms with Crippen LogP contribution >= 0.6 is 0 Å². The predicted octanol–water partition coefficient (Wildman–Crippen LogP) is 2.91. The summed E-state index contributed by atoms with van der Waals surface area (Å²) in [6.45, 7) is 6.54. The Morgan fingerprint density at radius 1 is 1.53 bits per heavy atom. The van der Waals surface area contributed by atoms with E-state index < -0.39 is 5.82 Å². The number of aromatic nitrogens is 1. The van der Waals surface area contributed by atoms with Crippen molar-refractivity contribution < 1.29 is 9.18 Å². The minimum absolute atomic E-state index is 0.0661. The summed E-state index contributed by atoms with van der Waals surface area (Å²) in [5, 5.41) is 2.88. The molecule has 5 heteroatoms. The van der Waals surface area contributed by atoms with Crippen molar-refractivity contribution >= 4 is 11.7 Å². The molecule has 1 unspecified atom stereocenters. The predicted molar refractivity (Wildman–Crippen MR) is 74.8 cm³/mol. The fraction of sp³-hybridized carbons (Fsp3) is 0.571. The Hall–Kier alpha value is -1.65. The van der Waals surface area contributed by atoms with E-state index in [2.05, 4.69) is 10.3 Å². The Balaban J connectivity index is 2.97. The number of halogens is 1. The molecule has 1 aromatic heterocycles. The van der Waals surface area contributed by atoms with E-state index in [0.29, 0.717) is 6.54 Å². The molecule has 1 atom stereocenters. The lowest BCUT2D eigenvalue weighted by molar-refractivity contribution is 0.0736. The zero-order valence-corrected chi connectivity index (χ0v) is 12.0. The van der Waals surface area contributed by atoms with E-state index in [1.54, 1.807) is 11.9 Å². The third kappa shape index (κ3) is 3.66. The molecule has 0 aliphatic carbocycles. The van der Waals surface area contributed by atoms with Gasteiger partial charge in [0.2, 0.25) is 0 Å². The van der Waals surface area contributed by atoms with Gasteiger partial charge in [0.15, 0.2) is 11.6 Å². The van der Waals surface area contributed by atoms with Crippen molar-refractivity contribution in [2.24, 2.45) is 0 Å². The van der Waals surface area contributed by atoms with Gasteiger partial charge in [-0.1, -0.05) is 13.8 Å². The maximum atomic E-state index is 14.2. The Morgan fingerprint density at radius 3 is 2.79 bits per heavy atom. The largest absolute Gasteiger partial charge is 0.368 e. The number of hydrogen-bond donors (Lipinski definition) is 1. The highest BCUT2D eigenvalue weighted by atomic mass is 19.1. The Bertz CT molecular complexity index is 437. The van der Waals surface area contributed by atoms with Crippen LogP contribution in [0.15, 0.2) is 12.3 Å². The van der Waals surface area contributed by atoms with E-state index >= 15 is 0 Å². The lowest BCUT2D eigenvalue weighted by Gasteiger charge is -2.24. The average Bonchev–Trinajstić information content (AvgIpc) is 2.43. The summed E-state index contributed by atoms with van der Waals surface area (Å²) >= 11 is 0. The van der Waals surface area contributed by atoms with Gasteiger partial charge in [0.05, 0.1) is 5.56 Å². The Labute approximate surface area is 114 Å². The van der Waals surface area contributed by atoms with Gasteiger partial charge in [0.25, 0.3) is 5.91 Å². The minimum Gasteiger partial charge on any atom is -0.368 e. The van der Waals surface area contributed by atoms with Gasteiger partial charge in [-0.05, 0) is 25.8 Å². The van der Waals surface area contributed by atoms with Crippen LogP contribution in [0.1, 0.15) is 44.0 Å². The first-order chi connectivity index (χ1) is 9.02. The first-order valence-electron chi connectivity index (χ1n) is 6.68. The second-order valence-electron chi connectivity index (χ2n) is 4.62. The summed E-state index contributed by atoms with van der Waals surface area (Å²) in [5.41, 5.74) is 0.0661. The second-order valence-corrected chi connectivity index (χ2v) is 4.62. The number of carbonyl (C=O) groups is 1. The highest BCUT2D eigenvalue weighted by Crippen LogP contribution is 2.17. The maximum Gasteiger partial charge on any atom is 0.257 e. The number of carbonyl (C=O) groups excluding carboxylic acids is 1. The molecule has 1 amide bonds. The van der Waals surface area contributed by atoms with Gasteiger partial charge in [0.1, 0.15) is 0 Å². The number of amides is 1. The molecule has 0 aliphatic rings. The normalized spacial score (nSPS) is 12.1. The van der Waals surface area contributed by atoms with Crippen LogP contribution in [0, 0.1) is 5.82 Å². The van der Waals surface area contributed by atoms with Gasteiger partial charge >= 0.3 is 0 Å². The minimum atomic E-state index is -0.573. The third-order valence-electron chi connectivity index (χ3n) is 3.23. The summed E-state index contributed by atoms with van der Waals surface area (Å²) in [6.07, 6.45) is 3.15. The quantitative estimate of drug-likeness (QED) is 0.862. The number of nitrogens with zero attached hydrogens (tertiary/aromatic N) is 2. The van der Waals surface area contributed by atoms with E-state index in [9.17, 15) is 9.18 Å². The number of hydrogen-bond acceptors (Lipinski definition) is 3. The standard InChI is InChI=1S/C14H22FN3O/c1-5-8-16-13-12(15)11(7-9-17-13)14(19)18(4)10(3)6-2/h7,9-10H,5-6,8H2,1-4H3,(H,16,17). The first kappa shape index (κ1) is 15.4. The van der Waals surface area contributed by atoms with Crippen LogP contribution in [-0.4, -0.2) is 35.4 Å². The molecule has 1 aromatic rings. The van der Waals surface area contributed by atoms with E-state index in [1.807, 2.05) is 20.8 Å². The van der Waals surface area contributed by atoms with Crippen LogP contribution in [-0.2, 0) is 0 Å². The van der Waals surface area contributed by atoms with Gasteiger partial charge in [-0.15, -0.1) is 0 Å². The Morgan fingerprint density at radius 2 is 2.21 bits per heavy atom. The number of nitrogens with one attached hydrogen (secondary N) is 1. The highest BCUT2D eigenvalue weighted by Gasteiger charge is 2.21. The molecular formula is C14H22FN3O. The fourth-order valence-corrected chi connectivity index (χ4v) is 1.64. The molecule has 0 fully saturated rings. The van der Waals surface area contributed by atoms with Crippen molar-refractivity contribution in [2.75, 3.05) is 18.9 Å². The summed E-state index contributed by atoms with van der Waals surface area (Å²) in [6, 6.07) is 1.50. The van der Waals surface area contributed by atoms with E-state index in [4.69, 9.17) is 0 Å². The van der Waals surface area contributed by atoms with Crippen LogP contribution < -0.4 is 5.32 Å². The van der Waals surface area contributed by atoms with E-state index in [-0.39, 0.29) is 23.3 Å². The first-order valence-corrected chi connectivity index (χ1v) is 6.68. The van der Waals surface area contributed by atoms with Crippen LogP contribution in [0.25, 0.3) is 0 Å². The summed E-state index contributed by atoms with van der Waals surface area (Å²) in [7, 11) is 1.69. The van der Waals surface area contributed by atoms with Crippen LogP contribution in [0.3, 0.4) is 0 Å². The van der Waals surface area contributed by atoms with Crippen LogP contribution in [0.2, 0.25) is 0 Å². The highest BCUT2D eigenvalue weighted by molar-refractivity contribution is 5.95. The third-order valence-corrected chi connectivity index (χ3v) is 3.23. The summed E-state index contributed by atoms with van der Waals surface area (Å²) < 4.78 is 14.2. The molecule has 0 saturated heterocycles. The van der Waals surface area contributed by atoms with Crippen LogP contribution in [0.4, 0.5) is 10.2 Å². The molecule has 1 N–H and O–H groups in total. The van der Waals surface area contributed by atoms with E-state index in [1.165, 1.54) is 12.3 Å². The number of rotatable bonds is 6. The molecule has 0 aromatic carbocycles. The maximum absolute atomic E-state index is 14.2. The molecule has 0 bridgehead atoms. The summed E-state index contributed by atoms with van der Waals surface area (Å²) in [5.74, 6) is -0.741. The van der Waals surface area contributed by atoms with Gasteiger partial charge in [-0.2, -0.15) is 0 Å². The molecule has 19 heavy (non-hydrogen) atoms. The molecule has 106 valence electrons. The van der Waals surface area contributed by atoms with Crippen LogP contribution in [0.5, 0.6) is 0 Å². The van der Waals surface area contributed by atoms with Crippen molar-refractivity contribution in [3.8, 4) is 0 Å². The molecule has 0 radical (unpaired) electrons. The van der Waals surface area contributed by atoms with E-state index in [0.717, 1.165) is 12.8 Å². The van der Waals surface area contributed by atoms with Crippen molar-refractivity contribution in [1.29, 1.82) is 0 Å². The molecular weight excluding hydrogens is 245 g/mol. The number of pyridine rings is 1. The van der Waals surface area contributed by atoms with Crippen molar-refractivity contribution in [3.05, 3.63) is 23.6 Å². The smallest absolute Gasteiger partial charge is 0.257 e. The lowest BCUT2D eigenvalue weighted by Crippen LogP contribution is -2.35. The topological polar surface area (TPSA) is 45.2 Å². The molecule has 1 rings (SSSR count). The number of anilines is 1. The molecule has 1 heterocycles. The van der Waals surface area contributed by atoms with Gasteiger partial charge < -0.3 is 10.2 Å². The summed E-state index contributed by atoms with van der Waals surface area (Å²) in [4.78, 5) is 17.7. The van der Waals surface area contributed by atoms with Gasteiger partial charge in [-0.25, -0.2) is 9.37 Å². The molecule has 0 spiro atoms. The zero-order chi connectivity index (χ0) is 14.4.